The van der Waals surface area contributed by atoms with E-state index >= 15 is 0 Å². The van der Waals surface area contributed by atoms with E-state index in [1.165, 1.54) is 0 Å². The number of hydrogen-bond donors (Lipinski definition) is 1. The second kappa shape index (κ2) is 4.31. The number of carbonyl (C=O) groups excluding carboxylic acids is 1. The molecule has 64 valence electrons. The highest BCUT2D eigenvalue weighted by Gasteiger charge is 2.13. The number of nitrogens with zero attached hydrogens (tertiary/aromatic N) is 2. The van der Waals surface area contributed by atoms with Crippen LogP contribution >= 0.6 is 0 Å². The Labute approximate surface area is 66.4 Å². The summed E-state index contributed by atoms with van der Waals surface area (Å²) in [5, 5.41) is 8.62. The highest BCUT2D eigenvalue weighted by atomic mass is 16.3. The predicted octanol–water partition coefficient (Wildman–Crippen LogP) is -1.25. The van der Waals surface area contributed by atoms with Crippen molar-refractivity contribution in [3.05, 3.63) is 0 Å². The third-order valence-corrected chi connectivity index (χ3v) is 1.97. The van der Waals surface area contributed by atoms with Gasteiger partial charge in [-0.25, -0.2) is 0 Å². The highest BCUT2D eigenvalue weighted by Crippen LogP contribution is 1.97. The van der Waals surface area contributed by atoms with Crippen LogP contribution in [0.3, 0.4) is 0 Å². The van der Waals surface area contributed by atoms with E-state index in [-0.39, 0.29) is 6.61 Å². The lowest BCUT2D eigenvalue weighted by Crippen LogP contribution is -2.46. The van der Waals surface area contributed by atoms with Crippen LogP contribution in [-0.4, -0.2) is 60.6 Å². The first-order chi connectivity index (χ1) is 5.36. The minimum Gasteiger partial charge on any atom is -0.395 e. The second-order valence-electron chi connectivity index (χ2n) is 2.71. The van der Waals surface area contributed by atoms with Crippen molar-refractivity contribution in [3.8, 4) is 0 Å². The summed E-state index contributed by atoms with van der Waals surface area (Å²) in [5.74, 6) is 0. The smallest absolute Gasteiger partial charge is 0.209 e. The average Bonchev–Trinajstić information content (AvgIpc) is 2.07. The molecule has 0 aromatic rings. The van der Waals surface area contributed by atoms with Crippen LogP contribution in [-0.2, 0) is 4.79 Å². The predicted molar refractivity (Wildman–Crippen MR) is 41.2 cm³/mol. The molecule has 1 aliphatic heterocycles. The van der Waals surface area contributed by atoms with Gasteiger partial charge in [-0.15, -0.1) is 0 Å². The van der Waals surface area contributed by atoms with Crippen LogP contribution in [0.4, 0.5) is 0 Å². The van der Waals surface area contributed by atoms with Crippen molar-refractivity contribution < 1.29 is 9.90 Å². The van der Waals surface area contributed by atoms with Gasteiger partial charge >= 0.3 is 0 Å². The normalized spacial score (nSPS) is 20.3. The zero-order valence-corrected chi connectivity index (χ0v) is 6.57. The summed E-state index contributed by atoms with van der Waals surface area (Å²) in [6.07, 6.45) is 0.885. The maximum absolute atomic E-state index is 10.3. The van der Waals surface area contributed by atoms with E-state index in [1.807, 2.05) is 0 Å². The monoisotopic (exact) mass is 158 g/mol. The van der Waals surface area contributed by atoms with Crippen LogP contribution in [0.1, 0.15) is 0 Å². The van der Waals surface area contributed by atoms with Crippen molar-refractivity contribution in [1.82, 2.24) is 9.80 Å². The lowest BCUT2D eigenvalue weighted by Gasteiger charge is -2.31. The number of hydrogen-bond acceptors (Lipinski definition) is 3. The molecule has 0 unspecified atom stereocenters. The van der Waals surface area contributed by atoms with Crippen molar-refractivity contribution in [2.45, 2.75) is 0 Å². The molecule has 1 fully saturated rings. The zero-order chi connectivity index (χ0) is 8.10. The quantitative estimate of drug-likeness (QED) is 0.522. The molecule has 1 heterocycles. The molecule has 0 aromatic carbocycles. The fourth-order valence-electron chi connectivity index (χ4n) is 1.23. The highest BCUT2D eigenvalue weighted by molar-refractivity contribution is 5.47. The number of piperazine rings is 1. The number of β-amino-alcohol motifs (C(OH)–C–C–N with tert-alkyl or cyclic N) is 1. The van der Waals surface area contributed by atoms with E-state index in [1.54, 1.807) is 4.90 Å². The summed E-state index contributed by atoms with van der Waals surface area (Å²) >= 11 is 0. The molecule has 1 saturated heterocycles. The first kappa shape index (κ1) is 8.49. The van der Waals surface area contributed by atoms with Gasteiger partial charge in [0.05, 0.1) is 6.61 Å². The van der Waals surface area contributed by atoms with Crippen LogP contribution < -0.4 is 0 Å². The molecule has 0 aliphatic carbocycles. The van der Waals surface area contributed by atoms with Gasteiger partial charge in [0.2, 0.25) is 6.41 Å². The summed E-state index contributed by atoms with van der Waals surface area (Å²) in [6.45, 7) is 4.30. The number of aliphatic hydroxyl groups excluding tert-OH is 1. The fourth-order valence-corrected chi connectivity index (χ4v) is 1.23. The third-order valence-electron chi connectivity index (χ3n) is 1.97. The van der Waals surface area contributed by atoms with Crippen molar-refractivity contribution in [3.63, 3.8) is 0 Å². The van der Waals surface area contributed by atoms with Crippen molar-refractivity contribution >= 4 is 6.41 Å². The number of aliphatic hydroxyl groups is 1. The number of carbonyl (C=O) groups is 1. The van der Waals surface area contributed by atoms with Gasteiger partial charge in [0.25, 0.3) is 0 Å². The van der Waals surface area contributed by atoms with Crippen LogP contribution in [0.5, 0.6) is 0 Å². The summed E-state index contributed by atoms with van der Waals surface area (Å²) in [6, 6.07) is 0. The molecule has 4 heteroatoms. The van der Waals surface area contributed by atoms with E-state index in [0.717, 1.165) is 39.1 Å². The molecule has 1 aliphatic rings. The van der Waals surface area contributed by atoms with E-state index in [2.05, 4.69) is 4.90 Å². The Balaban J connectivity index is 2.18. The summed E-state index contributed by atoms with van der Waals surface area (Å²) < 4.78 is 0. The molecule has 0 saturated carbocycles. The standard InChI is InChI=1S/C7H14N2O2/c10-6-5-8-1-3-9(7-11)4-2-8/h7,10H,1-6H2. The maximum Gasteiger partial charge on any atom is 0.209 e. The summed E-state index contributed by atoms with van der Waals surface area (Å²) in [7, 11) is 0. The Morgan fingerprint density at radius 1 is 1.27 bits per heavy atom. The van der Waals surface area contributed by atoms with E-state index < -0.39 is 0 Å². The number of amides is 1. The average molecular weight is 158 g/mol. The second-order valence-corrected chi connectivity index (χ2v) is 2.71. The lowest BCUT2D eigenvalue weighted by atomic mass is 10.3. The van der Waals surface area contributed by atoms with Crippen molar-refractivity contribution in [1.29, 1.82) is 0 Å². The van der Waals surface area contributed by atoms with E-state index in [9.17, 15) is 4.79 Å². The van der Waals surface area contributed by atoms with E-state index in [0.29, 0.717) is 0 Å². The topological polar surface area (TPSA) is 43.8 Å². The van der Waals surface area contributed by atoms with Gasteiger partial charge in [-0.2, -0.15) is 0 Å². The Bertz CT molecular complexity index is 122. The van der Waals surface area contributed by atoms with Crippen molar-refractivity contribution in [2.24, 2.45) is 0 Å². The molecule has 0 aromatic heterocycles. The van der Waals surface area contributed by atoms with Gasteiger partial charge in [-0.05, 0) is 0 Å². The minimum absolute atomic E-state index is 0.209. The first-order valence-corrected chi connectivity index (χ1v) is 3.89. The molecule has 11 heavy (non-hydrogen) atoms. The molecule has 0 radical (unpaired) electrons. The van der Waals surface area contributed by atoms with Crippen LogP contribution in [0, 0.1) is 0 Å². The molecule has 0 spiro atoms. The molecule has 1 amide bonds. The van der Waals surface area contributed by atoms with Gasteiger partial charge in [0.15, 0.2) is 0 Å². The maximum atomic E-state index is 10.3. The minimum atomic E-state index is 0.209. The van der Waals surface area contributed by atoms with Crippen LogP contribution in [0.25, 0.3) is 0 Å². The molecule has 4 nitrogen and oxygen atoms in total. The SMILES string of the molecule is O=CN1CCN(CCO)CC1. The fraction of sp³-hybridized carbons (Fsp3) is 0.857. The van der Waals surface area contributed by atoms with E-state index in [4.69, 9.17) is 5.11 Å². The lowest BCUT2D eigenvalue weighted by molar-refractivity contribution is -0.119. The summed E-state index contributed by atoms with van der Waals surface area (Å²) in [5.41, 5.74) is 0. The molecule has 1 rings (SSSR count). The van der Waals surface area contributed by atoms with Crippen LogP contribution in [0.2, 0.25) is 0 Å². The third kappa shape index (κ3) is 2.48. The van der Waals surface area contributed by atoms with Crippen LogP contribution in [0.15, 0.2) is 0 Å². The molecular weight excluding hydrogens is 144 g/mol. The number of rotatable bonds is 3. The largest absolute Gasteiger partial charge is 0.395 e. The molecular formula is C7H14N2O2. The molecule has 0 bridgehead atoms. The zero-order valence-electron chi connectivity index (χ0n) is 6.57. The summed E-state index contributed by atoms with van der Waals surface area (Å²) in [4.78, 5) is 14.2. The van der Waals surface area contributed by atoms with Gasteiger partial charge in [-0.1, -0.05) is 0 Å². The Morgan fingerprint density at radius 3 is 2.36 bits per heavy atom. The Kier molecular flexibility index (Phi) is 3.32. The van der Waals surface area contributed by atoms with Crippen molar-refractivity contribution in [2.75, 3.05) is 39.3 Å². The van der Waals surface area contributed by atoms with Gasteiger partial charge < -0.3 is 10.0 Å². The van der Waals surface area contributed by atoms with Gasteiger partial charge in [0, 0.05) is 32.7 Å². The molecule has 1 N–H and O–H groups in total. The Hall–Kier alpha value is -0.610. The first-order valence-electron chi connectivity index (χ1n) is 3.89. The Morgan fingerprint density at radius 2 is 1.91 bits per heavy atom. The van der Waals surface area contributed by atoms with Gasteiger partial charge in [-0.3, -0.25) is 9.69 Å². The van der Waals surface area contributed by atoms with Gasteiger partial charge in [0.1, 0.15) is 0 Å². The molecule has 0 atom stereocenters.